The summed E-state index contributed by atoms with van der Waals surface area (Å²) in [7, 11) is 1.54. The molecule has 0 aliphatic carbocycles. The SMILES string of the molecule is CNC(=O)c1cnnc(Cl)c1. The summed E-state index contributed by atoms with van der Waals surface area (Å²) in [6, 6.07) is 1.45. The quantitative estimate of drug-likeness (QED) is 0.669. The van der Waals surface area contributed by atoms with Gasteiger partial charge in [0.15, 0.2) is 5.15 Å². The van der Waals surface area contributed by atoms with E-state index in [0.717, 1.165) is 0 Å². The van der Waals surface area contributed by atoms with Crippen LogP contribution in [0.3, 0.4) is 0 Å². The van der Waals surface area contributed by atoms with Crippen molar-refractivity contribution < 1.29 is 4.79 Å². The molecule has 1 amide bonds. The second kappa shape index (κ2) is 3.30. The molecule has 5 heteroatoms. The van der Waals surface area contributed by atoms with E-state index in [1.807, 2.05) is 0 Å². The average molecular weight is 172 g/mol. The molecule has 1 aromatic heterocycles. The Morgan fingerprint density at radius 3 is 3.00 bits per heavy atom. The first-order valence-electron chi connectivity index (χ1n) is 2.94. The van der Waals surface area contributed by atoms with Crippen LogP contribution in [0.5, 0.6) is 0 Å². The van der Waals surface area contributed by atoms with Gasteiger partial charge in [0.1, 0.15) is 0 Å². The Kier molecular flexibility index (Phi) is 2.38. The Balaban J connectivity index is 2.96. The lowest BCUT2D eigenvalue weighted by Gasteiger charge is -1.96. The highest BCUT2D eigenvalue weighted by molar-refractivity contribution is 6.29. The fraction of sp³-hybridized carbons (Fsp3) is 0.167. The number of amides is 1. The minimum absolute atomic E-state index is 0.214. The molecule has 0 fully saturated rings. The van der Waals surface area contributed by atoms with Crippen molar-refractivity contribution >= 4 is 17.5 Å². The van der Waals surface area contributed by atoms with E-state index in [-0.39, 0.29) is 11.1 Å². The van der Waals surface area contributed by atoms with Gasteiger partial charge in [-0.05, 0) is 6.07 Å². The van der Waals surface area contributed by atoms with Gasteiger partial charge in [0.25, 0.3) is 5.91 Å². The van der Waals surface area contributed by atoms with Gasteiger partial charge >= 0.3 is 0 Å². The molecular formula is C6H6ClN3O. The predicted molar refractivity (Wildman–Crippen MR) is 40.4 cm³/mol. The van der Waals surface area contributed by atoms with Crippen molar-refractivity contribution in [1.29, 1.82) is 0 Å². The lowest BCUT2D eigenvalue weighted by molar-refractivity contribution is 0.0962. The molecule has 0 atom stereocenters. The van der Waals surface area contributed by atoms with Crippen LogP contribution in [0.4, 0.5) is 0 Å². The van der Waals surface area contributed by atoms with E-state index >= 15 is 0 Å². The molecule has 1 rings (SSSR count). The van der Waals surface area contributed by atoms with Crippen LogP contribution in [0.2, 0.25) is 5.15 Å². The van der Waals surface area contributed by atoms with Crippen LogP contribution < -0.4 is 5.32 Å². The number of carbonyl (C=O) groups excluding carboxylic acids is 1. The zero-order valence-corrected chi connectivity index (χ0v) is 6.59. The van der Waals surface area contributed by atoms with Crippen LogP contribution in [0, 0.1) is 0 Å². The van der Waals surface area contributed by atoms with Crippen molar-refractivity contribution in [2.24, 2.45) is 0 Å². The highest BCUT2D eigenvalue weighted by Crippen LogP contribution is 2.04. The molecule has 1 heterocycles. The molecular weight excluding hydrogens is 166 g/mol. The molecule has 0 aromatic carbocycles. The van der Waals surface area contributed by atoms with Crippen LogP contribution in [0.25, 0.3) is 0 Å². The maximum atomic E-state index is 10.9. The van der Waals surface area contributed by atoms with E-state index in [4.69, 9.17) is 11.6 Å². The number of rotatable bonds is 1. The molecule has 11 heavy (non-hydrogen) atoms. The Morgan fingerprint density at radius 2 is 2.45 bits per heavy atom. The zero-order valence-electron chi connectivity index (χ0n) is 5.84. The summed E-state index contributed by atoms with van der Waals surface area (Å²) >= 11 is 5.49. The number of hydrogen-bond acceptors (Lipinski definition) is 3. The van der Waals surface area contributed by atoms with E-state index in [9.17, 15) is 4.79 Å². The van der Waals surface area contributed by atoms with E-state index < -0.39 is 0 Å². The van der Waals surface area contributed by atoms with Gasteiger partial charge in [-0.3, -0.25) is 4.79 Å². The largest absolute Gasteiger partial charge is 0.355 e. The molecule has 0 aliphatic rings. The average Bonchev–Trinajstić information content (AvgIpc) is 2.03. The summed E-state index contributed by atoms with van der Waals surface area (Å²) in [6.45, 7) is 0. The molecule has 58 valence electrons. The van der Waals surface area contributed by atoms with Crippen molar-refractivity contribution in [3.8, 4) is 0 Å². The maximum Gasteiger partial charge on any atom is 0.252 e. The fourth-order valence-electron chi connectivity index (χ4n) is 0.609. The first-order valence-corrected chi connectivity index (χ1v) is 3.32. The third-order valence-electron chi connectivity index (χ3n) is 1.11. The summed E-state index contributed by atoms with van der Waals surface area (Å²) in [4.78, 5) is 10.9. The van der Waals surface area contributed by atoms with Crippen molar-refractivity contribution in [1.82, 2.24) is 15.5 Å². The summed E-state index contributed by atoms with van der Waals surface area (Å²) in [5, 5.41) is 9.66. The van der Waals surface area contributed by atoms with Gasteiger partial charge in [-0.25, -0.2) is 0 Å². The first-order chi connectivity index (χ1) is 5.24. The Morgan fingerprint density at radius 1 is 1.73 bits per heavy atom. The Hall–Kier alpha value is -1.16. The number of aromatic nitrogens is 2. The van der Waals surface area contributed by atoms with Crippen LogP contribution >= 0.6 is 11.6 Å². The van der Waals surface area contributed by atoms with E-state index in [0.29, 0.717) is 5.56 Å². The molecule has 0 bridgehead atoms. The molecule has 0 radical (unpaired) electrons. The molecule has 0 saturated heterocycles. The van der Waals surface area contributed by atoms with Crippen molar-refractivity contribution in [2.45, 2.75) is 0 Å². The summed E-state index contributed by atoms with van der Waals surface area (Å²) in [5.41, 5.74) is 0.410. The second-order valence-corrected chi connectivity index (χ2v) is 2.23. The van der Waals surface area contributed by atoms with Gasteiger partial charge in [-0.1, -0.05) is 11.6 Å². The lowest BCUT2D eigenvalue weighted by atomic mass is 10.3. The van der Waals surface area contributed by atoms with E-state index in [2.05, 4.69) is 15.5 Å². The van der Waals surface area contributed by atoms with E-state index in [1.165, 1.54) is 19.3 Å². The second-order valence-electron chi connectivity index (χ2n) is 1.85. The number of hydrogen-bond donors (Lipinski definition) is 1. The van der Waals surface area contributed by atoms with E-state index in [1.54, 1.807) is 0 Å². The van der Waals surface area contributed by atoms with Gasteiger partial charge in [-0.15, -0.1) is 5.10 Å². The monoisotopic (exact) mass is 171 g/mol. The van der Waals surface area contributed by atoms with Crippen LogP contribution in [-0.2, 0) is 0 Å². The van der Waals surface area contributed by atoms with Crippen LogP contribution in [-0.4, -0.2) is 23.2 Å². The third-order valence-corrected chi connectivity index (χ3v) is 1.30. The number of halogens is 1. The zero-order chi connectivity index (χ0) is 8.27. The molecule has 0 aliphatic heterocycles. The molecule has 1 N–H and O–H groups in total. The molecule has 0 unspecified atom stereocenters. The van der Waals surface area contributed by atoms with Crippen molar-refractivity contribution in [3.05, 3.63) is 23.0 Å². The number of nitrogens with zero attached hydrogens (tertiary/aromatic N) is 2. The van der Waals surface area contributed by atoms with Gasteiger partial charge in [0, 0.05) is 7.05 Å². The smallest absolute Gasteiger partial charge is 0.252 e. The Bertz CT molecular complexity index is 276. The lowest BCUT2D eigenvalue weighted by Crippen LogP contribution is -2.18. The summed E-state index contributed by atoms with van der Waals surface area (Å²) < 4.78 is 0. The van der Waals surface area contributed by atoms with Gasteiger partial charge < -0.3 is 5.32 Å². The number of nitrogens with one attached hydrogen (secondary N) is 1. The Labute approximate surface area is 68.6 Å². The normalized spacial score (nSPS) is 9.27. The summed E-state index contributed by atoms with van der Waals surface area (Å²) in [5.74, 6) is -0.221. The molecule has 1 aromatic rings. The standard InChI is InChI=1S/C6H6ClN3O/c1-8-6(11)4-2-5(7)10-9-3-4/h2-3H,1H3,(H,8,11). The minimum Gasteiger partial charge on any atom is -0.355 e. The predicted octanol–water partition coefficient (Wildman–Crippen LogP) is 0.490. The first kappa shape index (κ1) is 7.94. The van der Waals surface area contributed by atoms with Crippen molar-refractivity contribution in [3.63, 3.8) is 0 Å². The highest BCUT2D eigenvalue weighted by Gasteiger charge is 2.03. The van der Waals surface area contributed by atoms with Gasteiger partial charge in [-0.2, -0.15) is 5.10 Å². The van der Waals surface area contributed by atoms with Gasteiger partial charge in [0.2, 0.25) is 0 Å². The molecule has 4 nitrogen and oxygen atoms in total. The third kappa shape index (κ3) is 1.88. The van der Waals surface area contributed by atoms with Crippen LogP contribution in [0.1, 0.15) is 10.4 Å². The summed E-state index contributed by atoms with van der Waals surface area (Å²) in [6.07, 6.45) is 1.35. The number of carbonyl (C=O) groups is 1. The molecule has 0 spiro atoms. The van der Waals surface area contributed by atoms with Crippen LogP contribution in [0.15, 0.2) is 12.3 Å². The highest BCUT2D eigenvalue weighted by atomic mass is 35.5. The minimum atomic E-state index is -0.221. The van der Waals surface area contributed by atoms with Crippen molar-refractivity contribution in [2.75, 3.05) is 7.05 Å². The maximum absolute atomic E-state index is 10.9. The van der Waals surface area contributed by atoms with Gasteiger partial charge in [0.05, 0.1) is 11.8 Å². The molecule has 0 saturated carbocycles. The fourth-order valence-corrected chi connectivity index (χ4v) is 0.770. The topological polar surface area (TPSA) is 54.9 Å².